The smallest absolute Gasteiger partial charge is 0.0618 e. The van der Waals surface area contributed by atoms with Crippen molar-refractivity contribution in [3.8, 4) is 0 Å². The fourth-order valence-electron chi connectivity index (χ4n) is 1.70. The fraction of sp³-hybridized carbons (Fsp3) is 1.00. The molecule has 1 heterocycles. The van der Waals surface area contributed by atoms with Gasteiger partial charge in [-0.05, 0) is 19.9 Å². The molecule has 0 amide bonds. The van der Waals surface area contributed by atoms with Crippen LogP contribution in [0, 0.1) is 0 Å². The molecule has 0 bridgehead atoms. The van der Waals surface area contributed by atoms with Crippen LogP contribution in [-0.2, 0) is 4.74 Å². The first-order chi connectivity index (χ1) is 5.29. The lowest BCUT2D eigenvalue weighted by molar-refractivity contribution is 0.0952. The molecule has 3 heteroatoms. The molecule has 0 spiro atoms. The standard InChI is InChI=1S/C8H17NO2/c1-9-7(5-10)3-4-8(9)6-11-2/h7-8,10H,3-6H2,1-2H3. The molecule has 66 valence electrons. The number of methoxy groups -OCH3 is 1. The van der Waals surface area contributed by atoms with Crippen LogP contribution in [0.5, 0.6) is 0 Å². The molecule has 3 nitrogen and oxygen atoms in total. The zero-order valence-corrected chi connectivity index (χ0v) is 7.29. The van der Waals surface area contributed by atoms with Gasteiger partial charge in [0.2, 0.25) is 0 Å². The van der Waals surface area contributed by atoms with E-state index in [0.29, 0.717) is 12.1 Å². The Morgan fingerprint density at radius 1 is 1.45 bits per heavy atom. The Bertz CT molecular complexity index is 119. The summed E-state index contributed by atoms with van der Waals surface area (Å²) in [7, 11) is 3.78. The summed E-state index contributed by atoms with van der Waals surface area (Å²) < 4.78 is 5.07. The maximum absolute atomic E-state index is 8.94. The topological polar surface area (TPSA) is 32.7 Å². The van der Waals surface area contributed by atoms with Crippen molar-refractivity contribution < 1.29 is 9.84 Å². The highest BCUT2D eigenvalue weighted by molar-refractivity contribution is 4.84. The van der Waals surface area contributed by atoms with E-state index in [4.69, 9.17) is 9.84 Å². The van der Waals surface area contributed by atoms with Crippen molar-refractivity contribution in [2.45, 2.75) is 24.9 Å². The number of aliphatic hydroxyl groups excluding tert-OH is 1. The van der Waals surface area contributed by atoms with Gasteiger partial charge in [-0.3, -0.25) is 4.90 Å². The average Bonchev–Trinajstić information content (AvgIpc) is 2.34. The summed E-state index contributed by atoms with van der Waals surface area (Å²) >= 11 is 0. The quantitative estimate of drug-likeness (QED) is 0.633. The zero-order valence-electron chi connectivity index (χ0n) is 7.29. The lowest BCUT2D eigenvalue weighted by atomic mass is 10.2. The number of hydrogen-bond donors (Lipinski definition) is 1. The second-order valence-electron chi connectivity index (χ2n) is 3.19. The molecule has 0 aromatic heterocycles. The number of aliphatic hydroxyl groups is 1. The summed E-state index contributed by atoms with van der Waals surface area (Å²) in [6, 6.07) is 0.868. The van der Waals surface area contributed by atoms with Crippen molar-refractivity contribution in [3.05, 3.63) is 0 Å². The minimum Gasteiger partial charge on any atom is -0.395 e. The van der Waals surface area contributed by atoms with E-state index in [9.17, 15) is 0 Å². The Hall–Kier alpha value is -0.120. The van der Waals surface area contributed by atoms with E-state index in [-0.39, 0.29) is 6.61 Å². The predicted molar refractivity (Wildman–Crippen MR) is 43.5 cm³/mol. The van der Waals surface area contributed by atoms with Gasteiger partial charge in [-0.15, -0.1) is 0 Å². The van der Waals surface area contributed by atoms with Crippen LogP contribution in [0.2, 0.25) is 0 Å². The summed E-state index contributed by atoms with van der Waals surface area (Å²) in [5, 5.41) is 8.94. The zero-order chi connectivity index (χ0) is 8.27. The van der Waals surface area contributed by atoms with Crippen molar-refractivity contribution in [2.24, 2.45) is 0 Å². The van der Waals surface area contributed by atoms with Crippen molar-refractivity contribution in [2.75, 3.05) is 27.4 Å². The average molecular weight is 159 g/mol. The van der Waals surface area contributed by atoms with Crippen LogP contribution >= 0.6 is 0 Å². The van der Waals surface area contributed by atoms with Crippen molar-refractivity contribution in [1.82, 2.24) is 4.90 Å². The molecule has 1 saturated heterocycles. The van der Waals surface area contributed by atoms with Crippen LogP contribution in [0.4, 0.5) is 0 Å². The summed E-state index contributed by atoms with van der Waals surface area (Å²) in [6.07, 6.45) is 2.25. The maximum atomic E-state index is 8.94. The molecule has 0 saturated carbocycles. The highest BCUT2D eigenvalue weighted by atomic mass is 16.5. The third kappa shape index (κ3) is 1.92. The molecular weight excluding hydrogens is 142 g/mol. The van der Waals surface area contributed by atoms with Gasteiger partial charge < -0.3 is 9.84 Å². The molecule has 0 aromatic carbocycles. The maximum Gasteiger partial charge on any atom is 0.0618 e. The molecule has 1 rings (SSSR count). The van der Waals surface area contributed by atoms with Gasteiger partial charge in [0.15, 0.2) is 0 Å². The molecule has 2 atom stereocenters. The molecule has 11 heavy (non-hydrogen) atoms. The third-order valence-electron chi connectivity index (χ3n) is 2.55. The lowest BCUT2D eigenvalue weighted by Crippen LogP contribution is -2.36. The number of nitrogens with zero attached hydrogens (tertiary/aromatic N) is 1. The number of likely N-dealkylation sites (tertiary alicyclic amines) is 1. The third-order valence-corrected chi connectivity index (χ3v) is 2.55. The second kappa shape index (κ2) is 4.04. The molecular formula is C8H17NO2. The van der Waals surface area contributed by atoms with E-state index in [1.165, 1.54) is 0 Å². The van der Waals surface area contributed by atoms with E-state index in [2.05, 4.69) is 11.9 Å². The Kier molecular flexibility index (Phi) is 3.30. The summed E-state index contributed by atoms with van der Waals surface area (Å²) in [5.74, 6) is 0. The van der Waals surface area contributed by atoms with Gasteiger partial charge in [0.05, 0.1) is 13.2 Å². The Labute approximate surface area is 68.0 Å². The lowest BCUT2D eigenvalue weighted by Gasteiger charge is -2.23. The minimum absolute atomic E-state index is 0.275. The van der Waals surface area contributed by atoms with Crippen LogP contribution < -0.4 is 0 Å². The molecule has 1 aliphatic rings. The largest absolute Gasteiger partial charge is 0.395 e. The van der Waals surface area contributed by atoms with Crippen LogP contribution in [0.1, 0.15) is 12.8 Å². The number of likely N-dealkylation sites (N-methyl/N-ethyl adjacent to an activating group) is 1. The number of hydrogen-bond acceptors (Lipinski definition) is 3. The minimum atomic E-state index is 0.275. The number of rotatable bonds is 3. The Morgan fingerprint density at radius 3 is 2.55 bits per heavy atom. The Balaban J connectivity index is 2.35. The molecule has 1 aliphatic heterocycles. The molecule has 1 fully saturated rings. The van der Waals surface area contributed by atoms with Crippen LogP contribution in [0.25, 0.3) is 0 Å². The van der Waals surface area contributed by atoms with Gasteiger partial charge in [-0.2, -0.15) is 0 Å². The van der Waals surface area contributed by atoms with Crippen LogP contribution in [0.3, 0.4) is 0 Å². The summed E-state index contributed by atoms with van der Waals surface area (Å²) in [6.45, 7) is 1.06. The Morgan fingerprint density at radius 2 is 2.09 bits per heavy atom. The van der Waals surface area contributed by atoms with Crippen LogP contribution in [0.15, 0.2) is 0 Å². The van der Waals surface area contributed by atoms with E-state index in [1.54, 1.807) is 7.11 Å². The first-order valence-electron chi connectivity index (χ1n) is 4.11. The monoisotopic (exact) mass is 159 g/mol. The summed E-state index contributed by atoms with van der Waals surface area (Å²) in [4.78, 5) is 2.21. The SMILES string of the molecule is COCC1CCC(CO)N1C. The highest BCUT2D eigenvalue weighted by Crippen LogP contribution is 2.21. The molecule has 0 aromatic rings. The van der Waals surface area contributed by atoms with Gasteiger partial charge in [-0.1, -0.05) is 0 Å². The highest BCUT2D eigenvalue weighted by Gasteiger charge is 2.29. The fourth-order valence-corrected chi connectivity index (χ4v) is 1.70. The summed E-state index contributed by atoms with van der Waals surface area (Å²) in [5.41, 5.74) is 0. The van der Waals surface area contributed by atoms with Gasteiger partial charge in [0, 0.05) is 19.2 Å². The van der Waals surface area contributed by atoms with E-state index < -0.39 is 0 Å². The van der Waals surface area contributed by atoms with E-state index in [0.717, 1.165) is 19.4 Å². The van der Waals surface area contributed by atoms with Gasteiger partial charge in [-0.25, -0.2) is 0 Å². The van der Waals surface area contributed by atoms with Crippen LogP contribution in [-0.4, -0.2) is 49.5 Å². The molecule has 2 unspecified atom stereocenters. The first-order valence-corrected chi connectivity index (χ1v) is 4.11. The normalized spacial score (nSPS) is 33.0. The molecule has 0 radical (unpaired) electrons. The second-order valence-corrected chi connectivity index (χ2v) is 3.19. The number of ether oxygens (including phenoxy) is 1. The first kappa shape index (κ1) is 8.97. The van der Waals surface area contributed by atoms with E-state index >= 15 is 0 Å². The van der Waals surface area contributed by atoms with Gasteiger partial charge in [0.1, 0.15) is 0 Å². The molecule has 1 N–H and O–H groups in total. The van der Waals surface area contributed by atoms with Crippen molar-refractivity contribution >= 4 is 0 Å². The van der Waals surface area contributed by atoms with Crippen molar-refractivity contribution in [1.29, 1.82) is 0 Å². The molecule has 0 aliphatic carbocycles. The van der Waals surface area contributed by atoms with Gasteiger partial charge >= 0.3 is 0 Å². The van der Waals surface area contributed by atoms with Gasteiger partial charge in [0.25, 0.3) is 0 Å². The van der Waals surface area contributed by atoms with Crippen molar-refractivity contribution in [3.63, 3.8) is 0 Å². The van der Waals surface area contributed by atoms with E-state index in [1.807, 2.05) is 0 Å². The predicted octanol–water partition coefficient (Wildman–Crippen LogP) is 0.0879.